The normalized spacial score (nSPS) is 10.6. The van der Waals surface area contributed by atoms with Gasteiger partial charge in [0, 0.05) is 11.8 Å². The number of nitrogens with zero attached hydrogens (tertiary/aromatic N) is 5. The molecule has 2 aromatic heterocycles. The van der Waals surface area contributed by atoms with Crippen LogP contribution < -0.4 is 10.1 Å². The number of tetrazole rings is 1. The van der Waals surface area contributed by atoms with E-state index in [-0.39, 0.29) is 12.5 Å². The zero-order chi connectivity index (χ0) is 20.9. The number of anilines is 1. The number of carbonyl (C=O) groups is 1. The van der Waals surface area contributed by atoms with Crippen LogP contribution in [0.25, 0.3) is 11.4 Å². The highest BCUT2D eigenvalue weighted by Crippen LogP contribution is 2.30. The zero-order valence-electron chi connectivity index (χ0n) is 16.6. The Hall–Kier alpha value is -4.07. The van der Waals surface area contributed by atoms with Gasteiger partial charge < -0.3 is 10.1 Å². The SMILES string of the molecule is Cc1cccc(Oc2ncccc2NC(=O)Cn2nnc(-c3ccccc3)n2)c1C. The fraction of sp³-hybridized carbons (Fsp3) is 0.136. The average Bonchev–Trinajstić information content (AvgIpc) is 3.22. The molecule has 0 aliphatic heterocycles. The van der Waals surface area contributed by atoms with Crippen molar-refractivity contribution in [1.29, 1.82) is 0 Å². The summed E-state index contributed by atoms with van der Waals surface area (Å²) in [5.74, 6) is 1.15. The molecule has 30 heavy (non-hydrogen) atoms. The summed E-state index contributed by atoms with van der Waals surface area (Å²) in [6, 6.07) is 18.7. The van der Waals surface area contributed by atoms with E-state index in [9.17, 15) is 4.79 Å². The van der Waals surface area contributed by atoms with Crippen molar-refractivity contribution in [3.63, 3.8) is 0 Å². The number of benzene rings is 2. The first kappa shape index (κ1) is 19.3. The highest BCUT2D eigenvalue weighted by molar-refractivity contribution is 5.91. The summed E-state index contributed by atoms with van der Waals surface area (Å²) in [5, 5.41) is 15.0. The van der Waals surface area contributed by atoms with Crippen LogP contribution in [0.5, 0.6) is 11.6 Å². The smallest absolute Gasteiger partial charge is 0.248 e. The summed E-state index contributed by atoms with van der Waals surface area (Å²) in [7, 11) is 0. The third-order valence-electron chi connectivity index (χ3n) is 4.58. The van der Waals surface area contributed by atoms with E-state index >= 15 is 0 Å². The largest absolute Gasteiger partial charge is 0.437 e. The predicted molar refractivity (Wildman–Crippen MR) is 112 cm³/mol. The monoisotopic (exact) mass is 400 g/mol. The number of aromatic nitrogens is 5. The molecule has 1 amide bonds. The van der Waals surface area contributed by atoms with Gasteiger partial charge in [0.05, 0.1) is 0 Å². The molecule has 2 heterocycles. The number of pyridine rings is 1. The van der Waals surface area contributed by atoms with Gasteiger partial charge in [-0.15, -0.1) is 10.2 Å². The quantitative estimate of drug-likeness (QED) is 0.529. The first-order valence-electron chi connectivity index (χ1n) is 9.42. The highest BCUT2D eigenvalue weighted by Gasteiger charge is 2.14. The molecule has 2 aromatic carbocycles. The molecule has 0 saturated carbocycles. The summed E-state index contributed by atoms with van der Waals surface area (Å²) >= 11 is 0. The maximum atomic E-state index is 12.5. The van der Waals surface area contributed by atoms with Crippen molar-refractivity contribution in [3.05, 3.63) is 78.0 Å². The maximum absolute atomic E-state index is 12.5. The lowest BCUT2D eigenvalue weighted by Crippen LogP contribution is -2.21. The van der Waals surface area contributed by atoms with Gasteiger partial charge in [-0.25, -0.2) is 4.98 Å². The molecule has 8 heteroatoms. The van der Waals surface area contributed by atoms with Gasteiger partial charge in [0.2, 0.25) is 17.6 Å². The minimum Gasteiger partial charge on any atom is -0.437 e. The third kappa shape index (κ3) is 4.33. The van der Waals surface area contributed by atoms with E-state index < -0.39 is 0 Å². The second-order valence-corrected chi connectivity index (χ2v) is 6.71. The summed E-state index contributed by atoms with van der Waals surface area (Å²) in [4.78, 5) is 18.0. The number of amides is 1. The minimum absolute atomic E-state index is 0.0857. The molecule has 0 spiro atoms. The second kappa shape index (κ2) is 8.52. The molecule has 0 bridgehead atoms. The van der Waals surface area contributed by atoms with Crippen molar-refractivity contribution >= 4 is 11.6 Å². The van der Waals surface area contributed by atoms with Gasteiger partial charge in [-0.3, -0.25) is 4.79 Å². The Morgan fingerprint density at radius 3 is 2.70 bits per heavy atom. The van der Waals surface area contributed by atoms with Gasteiger partial charge in [-0.1, -0.05) is 42.5 Å². The molecule has 0 radical (unpaired) electrons. The first-order valence-corrected chi connectivity index (χ1v) is 9.42. The second-order valence-electron chi connectivity index (χ2n) is 6.71. The molecule has 4 rings (SSSR count). The van der Waals surface area contributed by atoms with Gasteiger partial charge in [-0.05, 0) is 48.4 Å². The predicted octanol–water partition coefficient (Wildman–Crippen LogP) is 3.78. The van der Waals surface area contributed by atoms with Crippen LogP contribution in [0.3, 0.4) is 0 Å². The number of nitrogens with one attached hydrogen (secondary N) is 1. The van der Waals surface area contributed by atoms with Crippen LogP contribution in [-0.4, -0.2) is 31.1 Å². The zero-order valence-corrected chi connectivity index (χ0v) is 16.6. The topological polar surface area (TPSA) is 94.8 Å². The van der Waals surface area contributed by atoms with Crippen LogP contribution in [0, 0.1) is 13.8 Å². The van der Waals surface area contributed by atoms with E-state index in [0.29, 0.717) is 23.1 Å². The average molecular weight is 400 g/mol. The summed E-state index contributed by atoms with van der Waals surface area (Å²) in [5.41, 5.74) is 3.42. The van der Waals surface area contributed by atoms with E-state index in [1.54, 1.807) is 18.3 Å². The van der Waals surface area contributed by atoms with Gasteiger partial charge in [0.15, 0.2) is 0 Å². The molecule has 8 nitrogen and oxygen atoms in total. The number of ether oxygens (including phenoxy) is 1. The van der Waals surface area contributed by atoms with Crippen molar-refractivity contribution in [2.45, 2.75) is 20.4 Å². The van der Waals surface area contributed by atoms with E-state index in [1.165, 1.54) is 4.80 Å². The lowest BCUT2D eigenvalue weighted by atomic mass is 10.1. The lowest BCUT2D eigenvalue weighted by Gasteiger charge is -2.13. The summed E-state index contributed by atoms with van der Waals surface area (Å²) < 4.78 is 5.96. The lowest BCUT2D eigenvalue weighted by molar-refractivity contribution is -0.117. The molecule has 1 N–H and O–H groups in total. The molecule has 0 aliphatic carbocycles. The van der Waals surface area contributed by atoms with E-state index in [4.69, 9.17) is 4.74 Å². The minimum atomic E-state index is -0.314. The third-order valence-corrected chi connectivity index (χ3v) is 4.58. The van der Waals surface area contributed by atoms with Crippen molar-refractivity contribution < 1.29 is 9.53 Å². The van der Waals surface area contributed by atoms with Gasteiger partial charge in [0.1, 0.15) is 18.0 Å². The van der Waals surface area contributed by atoms with Gasteiger partial charge >= 0.3 is 0 Å². The Morgan fingerprint density at radius 2 is 1.87 bits per heavy atom. The number of hydrogen-bond donors (Lipinski definition) is 1. The van der Waals surface area contributed by atoms with Crippen LogP contribution in [0.2, 0.25) is 0 Å². The molecule has 0 saturated heterocycles. The number of aryl methyl sites for hydroxylation is 1. The molecular weight excluding hydrogens is 380 g/mol. The van der Waals surface area contributed by atoms with Gasteiger partial charge in [0.25, 0.3) is 0 Å². The molecular formula is C22H20N6O2. The Balaban J connectivity index is 1.47. The molecule has 150 valence electrons. The number of hydrogen-bond acceptors (Lipinski definition) is 6. The number of rotatable bonds is 6. The van der Waals surface area contributed by atoms with Crippen molar-refractivity contribution in [1.82, 2.24) is 25.2 Å². The van der Waals surface area contributed by atoms with Crippen LogP contribution in [-0.2, 0) is 11.3 Å². The molecule has 0 atom stereocenters. The number of carbonyl (C=O) groups excluding carboxylic acids is 1. The van der Waals surface area contributed by atoms with Gasteiger partial charge in [-0.2, -0.15) is 4.80 Å². The van der Waals surface area contributed by atoms with Crippen molar-refractivity contribution in [2.75, 3.05) is 5.32 Å². The standard InChI is InChI=1S/C22H20N6O2/c1-15-8-6-12-19(16(15)2)30-22-18(11-7-13-23-22)24-20(29)14-28-26-21(25-27-28)17-9-4-3-5-10-17/h3-13H,14H2,1-2H3,(H,24,29). The van der Waals surface area contributed by atoms with Crippen LogP contribution in [0.1, 0.15) is 11.1 Å². The molecule has 0 fully saturated rings. The first-order chi connectivity index (χ1) is 14.6. The fourth-order valence-corrected chi connectivity index (χ4v) is 2.84. The highest BCUT2D eigenvalue weighted by atomic mass is 16.5. The van der Waals surface area contributed by atoms with Crippen LogP contribution in [0.4, 0.5) is 5.69 Å². The van der Waals surface area contributed by atoms with E-state index in [1.807, 2.05) is 62.4 Å². The Morgan fingerprint density at radius 1 is 1.03 bits per heavy atom. The van der Waals surface area contributed by atoms with Crippen LogP contribution >= 0.6 is 0 Å². The van der Waals surface area contributed by atoms with E-state index in [2.05, 4.69) is 25.7 Å². The Bertz CT molecular complexity index is 1170. The fourth-order valence-electron chi connectivity index (χ4n) is 2.84. The Labute approximate surface area is 173 Å². The van der Waals surface area contributed by atoms with Crippen LogP contribution in [0.15, 0.2) is 66.9 Å². The Kier molecular flexibility index (Phi) is 5.47. The van der Waals surface area contributed by atoms with E-state index in [0.717, 1.165) is 16.7 Å². The molecule has 0 unspecified atom stereocenters. The molecule has 0 aliphatic rings. The summed E-state index contributed by atoms with van der Waals surface area (Å²) in [6.45, 7) is 3.91. The van der Waals surface area contributed by atoms with Crippen molar-refractivity contribution in [3.8, 4) is 23.0 Å². The maximum Gasteiger partial charge on any atom is 0.248 e. The molecule has 4 aromatic rings. The van der Waals surface area contributed by atoms with Crippen molar-refractivity contribution in [2.24, 2.45) is 0 Å². The summed E-state index contributed by atoms with van der Waals surface area (Å²) in [6.07, 6.45) is 1.61.